The minimum atomic E-state index is -0.518. The van der Waals surface area contributed by atoms with Crippen LogP contribution in [0.1, 0.15) is 11.7 Å². The normalized spacial score (nSPS) is 22.5. The predicted molar refractivity (Wildman–Crippen MR) is 47.7 cm³/mol. The molecule has 1 saturated heterocycles. The van der Waals surface area contributed by atoms with E-state index in [1.807, 2.05) is 24.3 Å². The second-order valence-electron chi connectivity index (χ2n) is 3.09. The van der Waals surface area contributed by atoms with Gasteiger partial charge in [-0.3, -0.25) is 0 Å². The van der Waals surface area contributed by atoms with Gasteiger partial charge in [-0.25, -0.2) is 0 Å². The molecule has 0 radical (unpaired) electrons. The summed E-state index contributed by atoms with van der Waals surface area (Å²) < 4.78 is 10.1. The number of aliphatic hydroxyl groups is 1. The Hall–Kier alpha value is -1.06. The number of ether oxygens (including phenoxy) is 2. The van der Waals surface area contributed by atoms with E-state index in [4.69, 9.17) is 9.47 Å². The van der Waals surface area contributed by atoms with Crippen LogP contribution in [0.25, 0.3) is 0 Å². The van der Waals surface area contributed by atoms with Crippen LogP contribution in [-0.4, -0.2) is 24.9 Å². The number of rotatable bonds is 3. The van der Waals surface area contributed by atoms with E-state index in [0.29, 0.717) is 6.61 Å². The lowest BCUT2D eigenvalue weighted by molar-refractivity contribution is 0.136. The van der Waals surface area contributed by atoms with Crippen LogP contribution in [0.5, 0.6) is 5.75 Å². The first-order valence-corrected chi connectivity index (χ1v) is 4.25. The Morgan fingerprint density at radius 3 is 3.00 bits per heavy atom. The molecule has 70 valence electrons. The van der Waals surface area contributed by atoms with Gasteiger partial charge in [-0.05, 0) is 17.7 Å². The van der Waals surface area contributed by atoms with E-state index >= 15 is 0 Å². The van der Waals surface area contributed by atoms with Crippen LogP contribution < -0.4 is 4.74 Å². The summed E-state index contributed by atoms with van der Waals surface area (Å²) in [6, 6.07) is 7.41. The molecule has 1 aromatic carbocycles. The number of epoxide rings is 1. The summed E-state index contributed by atoms with van der Waals surface area (Å²) in [6.07, 6.45) is -0.540. The zero-order valence-electron chi connectivity index (χ0n) is 7.43. The Bertz CT molecular complexity index is 294. The first kappa shape index (κ1) is 8.53. The molecule has 13 heavy (non-hydrogen) atoms. The molecule has 3 nitrogen and oxygen atoms in total. The maximum absolute atomic E-state index is 9.70. The molecule has 0 aliphatic carbocycles. The van der Waals surface area contributed by atoms with Gasteiger partial charge in [0.2, 0.25) is 0 Å². The molecular formula is C10H12O3. The summed E-state index contributed by atoms with van der Waals surface area (Å²) >= 11 is 0. The maximum Gasteiger partial charge on any atom is 0.119 e. The lowest BCUT2D eigenvalue weighted by atomic mass is 10.1. The van der Waals surface area contributed by atoms with Gasteiger partial charge in [0, 0.05) is 0 Å². The van der Waals surface area contributed by atoms with Crippen LogP contribution in [-0.2, 0) is 4.74 Å². The van der Waals surface area contributed by atoms with Crippen molar-refractivity contribution in [3.63, 3.8) is 0 Å². The summed E-state index contributed by atoms with van der Waals surface area (Å²) in [5, 5.41) is 9.70. The highest BCUT2D eigenvalue weighted by atomic mass is 16.6. The third-order valence-corrected chi connectivity index (χ3v) is 2.15. The number of benzene rings is 1. The Morgan fingerprint density at radius 1 is 1.62 bits per heavy atom. The van der Waals surface area contributed by atoms with Crippen molar-refractivity contribution in [2.45, 2.75) is 12.2 Å². The Labute approximate surface area is 76.9 Å². The number of hydrogen-bond donors (Lipinski definition) is 1. The molecule has 1 aromatic rings. The van der Waals surface area contributed by atoms with Gasteiger partial charge in [-0.2, -0.15) is 0 Å². The molecule has 0 saturated carbocycles. The van der Waals surface area contributed by atoms with E-state index in [1.54, 1.807) is 7.11 Å². The first-order valence-electron chi connectivity index (χ1n) is 4.25. The van der Waals surface area contributed by atoms with Crippen LogP contribution in [0.4, 0.5) is 0 Å². The van der Waals surface area contributed by atoms with Gasteiger partial charge in [0.1, 0.15) is 18.0 Å². The van der Waals surface area contributed by atoms with Crippen molar-refractivity contribution < 1.29 is 14.6 Å². The molecule has 1 aliphatic rings. The number of hydrogen-bond acceptors (Lipinski definition) is 3. The van der Waals surface area contributed by atoms with Crippen molar-refractivity contribution in [1.82, 2.24) is 0 Å². The van der Waals surface area contributed by atoms with Crippen molar-refractivity contribution in [1.29, 1.82) is 0 Å². The second-order valence-corrected chi connectivity index (χ2v) is 3.09. The number of methoxy groups -OCH3 is 1. The van der Waals surface area contributed by atoms with E-state index in [1.165, 1.54) is 0 Å². The molecule has 1 heterocycles. The van der Waals surface area contributed by atoms with Crippen molar-refractivity contribution in [3.05, 3.63) is 29.8 Å². The fourth-order valence-electron chi connectivity index (χ4n) is 1.28. The molecule has 0 amide bonds. The predicted octanol–water partition coefficient (Wildman–Crippen LogP) is 1.13. The molecule has 3 heteroatoms. The molecule has 0 unspecified atom stereocenters. The lowest BCUT2D eigenvalue weighted by Gasteiger charge is -2.08. The van der Waals surface area contributed by atoms with Gasteiger partial charge in [0.25, 0.3) is 0 Å². The quantitative estimate of drug-likeness (QED) is 0.709. The highest BCUT2D eigenvalue weighted by Gasteiger charge is 2.32. The average Bonchev–Trinajstić information content (AvgIpc) is 3.00. The summed E-state index contributed by atoms with van der Waals surface area (Å²) in [4.78, 5) is 0. The van der Waals surface area contributed by atoms with Gasteiger partial charge in [0.15, 0.2) is 0 Å². The topological polar surface area (TPSA) is 42.0 Å². The van der Waals surface area contributed by atoms with E-state index < -0.39 is 6.10 Å². The Morgan fingerprint density at radius 2 is 2.38 bits per heavy atom. The van der Waals surface area contributed by atoms with E-state index in [9.17, 15) is 5.11 Å². The standard InChI is InChI=1S/C10H12O3/c1-12-8-4-2-3-7(5-8)10(11)9-6-13-9/h2-5,9-11H,6H2,1H3/t9-,10-/m1/s1. The molecule has 1 N–H and O–H groups in total. The zero-order valence-corrected chi connectivity index (χ0v) is 7.43. The van der Waals surface area contributed by atoms with Crippen LogP contribution in [0, 0.1) is 0 Å². The van der Waals surface area contributed by atoms with Gasteiger partial charge >= 0.3 is 0 Å². The van der Waals surface area contributed by atoms with Gasteiger partial charge in [-0.15, -0.1) is 0 Å². The second kappa shape index (κ2) is 3.36. The fourth-order valence-corrected chi connectivity index (χ4v) is 1.28. The van der Waals surface area contributed by atoms with E-state index in [-0.39, 0.29) is 6.10 Å². The van der Waals surface area contributed by atoms with Crippen LogP contribution in [0.15, 0.2) is 24.3 Å². The smallest absolute Gasteiger partial charge is 0.119 e. The first-order chi connectivity index (χ1) is 6.31. The molecule has 2 atom stereocenters. The molecule has 1 fully saturated rings. The Kier molecular flexibility index (Phi) is 2.20. The zero-order chi connectivity index (χ0) is 9.26. The SMILES string of the molecule is COc1cccc([C@@H](O)[C@H]2CO2)c1. The molecule has 2 rings (SSSR count). The third-order valence-electron chi connectivity index (χ3n) is 2.15. The summed E-state index contributed by atoms with van der Waals surface area (Å²) in [6.45, 7) is 0.651. The van der Waals surface area contributed by atoms with Crippen molar-refractivity contribution in [2.24, 2.45) is 0 Å². The summed E-state index contributed by atoms with van der Waals surface area (Å²) in [5.74, 6) is 0.761. The largest absolute Gasteiger partial charge is 0.497 e. The molecule has 0 bridgehead atoms. The lowest BCUT2D eigenvalue weighted by Crippen LogP contribution is -2.04. The molecule has 1 aliphatic heterocycles. The highest BCUT2D eigenvalue weighted by Crippen LogP contribution is 2.28. The maximum atomic E-state index is 9.70. The van der Waals surface area contributed by atoms with E-state index in [2.05, 4.69) is 0 Å². The summed E-state index contributed by atoms with van der Waals surface area (Å²) in [7, 11) is 1.61. The van der Waals surface area contributed by atoms with Gasteiger partial charge in [0.05, 0.1) is 13.7 Å². The monoisotopic (exact) mass is 180 g/mol. The van der Waals surface area contributed by atoms with E-state index in [0.717, 1.165) is 11.3 Å². The van der Waals surface area contributed by atoms with Crippen LogP contribution >= 0.6 is 0 Å². The third kappa shape index (κ3) is 1.82. The molecule has 0 aromatic heterocycles. The average molecular weight is 180 g/mol. The molecule has 0 spiro atoms. The number of aliphatic hydroxyl groups excluding tert-OH is 1. The Balaban J connectivity index is 2.18. The van der Waals surface area contributed by atoms with Crippen molar-refractivity contribution >= 4 is 0 Å². The minimum absolute atomic E-state index is 0.0212. The molecular weight excluding hydrogens is 168 g/mol. The van der Waals surface area contributed by atoms with Crippen molar-refractivity contribution in [2.75, 3.05) is 13.7 Å². The van der Waals surface area contributed by atoms with Gasteiger partial charge < -0.3 is 14.6 Å². The summed E-state index contributed by atoms with van der Waals surface area (Å²) in [5.41, 5.74) is 0.849. The van der Waals surface area contributed by atoms with Gasteiger partial charge in [-0.1, -0.05) is 12.1 Å². The fraction of sp³-hybridized carbons (Fsp3) is 0.400. The van der Waals surface area contributed by atoms with Crippen LogP contribution in [0.2, 0.25) is 0 Å². The minimum Gasteiger partial charge on any atom is -0.497 e. The van der Waals surface area contributed by atoms with Crippen molar-refractivity contribution in [3.8, 4) is 5.75 Å². The van der Waals surface area contributed by atoms with Crippen LogP contribution in [0.3, 0.4) is 0 Å². The highest BCUT2D eigenvalue weighted by molar-refractivity contribution is 5.30.